The molecule has 0 aromatic heterocycles. The van der Waals surface area contributed by atoms with Gasteiger partial charge in [-0.3, -0.25) is 9.10 Å². The lowest BCUT2D eigenvalue weighted by Gasteiger charge is -2.53. The number of amides is 1. The molecule has 2 saturated carbocycles. The molecule has 3 fully saturated rings. The van der Waals surface area contributed by atoms with Crippen molar-refractivity contribution in [2.75, 3.05) is 10.8 Å². The van der Waals surface area contributed by atoms with Gasteiger partial charge in [-0.15, -0.1) is 6.58 Å². The topological polar surface area (TPSA) is 57.7 Å². The third kappa shape index (κ3) is 6.11. The van der Waals surface area contributed by atoms with Gasteiger partial charge in [0.2, 0.25) is 15.9 Å². The Bertz CT molecular complexity index is 1590. The molecule has 2 aliphatic carbocycles. The summed E-state index contributed by atoms with van der Waals surface area (Å²) in [5, 5.41) is 0.894. The van der Waals surface area contributed by atoms with E-state index >= 15 is 0 Å². The molecule has 1 amide bonds. The molecule has 226 valence electrons. The van der Waals surface area contributed by atoms with Crippen LogP contribution in [-0.2, 0) is 14.8 Å². The predicted octanol–water partition coefficient (Wildman–Crippen LogP) is 8.41. The minimum Gasteiger partial charge on any atom is -0.329 e. The summed E-state index contributed by atoms with van der Waals surface area (Å²) in [6.07, 6.45) is 6.21. The van der Waals surface area contributed by atoms with Crippen LogP contribution in [0.1, 0.15) is 68.5 Å². The van der Waals surface area contributed by atoms with E-state index in [0.29, 0.717) is 41.4 Å². The van der Waals surface area contributed by atoms with Gasteiger partial charge in [0.25, 0.3) is 0 Å². The molecule has 4 atom stereocenters. The van der Waals surface area contributed by atoms with E-state index in [2.05, 4.69) is 17.5 Å². The number of hydrogen-bond donors (Lipinski definition) is 0. The second-order valence-corrected chi connectivity index (χ2v) is 15.7. The summed E-state index contributed by atoms with van der Waals surface area (Å²) in [6, 6.07) is 24.4. The van der Waals surface area contributed by atoms with Gasteiger partial charge >= 0.3 is 0 Å². The predicted molar refractivity (Wildman–Crippen MR) is 175 cm³/mol. The fourth-order valence-corrected chi connectivity index (χ4v) is 9.06. The normalized spacial score (nSPS) is 24.9. The molecule has 0 radical (unpaired) electrons. The minimum absolute atomic E-state index is 0.0411. The van der Waals surface area contributed by atoms with E-state index < -0.39 is 15.4 Å². The molecule has 3 aliphatic rings. The highest BCUT2D eigenvalue weighted by Crippen LogP contribution is 2.54. The highest BCUT2D eigenvalue weighted by Gasteiger charge is 2.54. The standard InChI is InChI=1S/C35H38Cl2N2O3S/c1-3-20-35(2)22-31(26-8-7-9-28(37)21-26)33(25-14-16-27(36)17-15-25)39(34(35)40)32(24-12-13-24)23-38(29-10-5-4-6-11-29)43(41,42)30-18-19-30/h3-11,14-17,21,24,30-33H,1,12-13,18-20,22-23H2,2H3/t31-,32+,33-,35+/m1/s1. The first-order valence-corrected chi connectivity index (χ1v) is 17.4. The Morgan fingerprint density at radius 1 is 0.953 bits per heavy atom. The summed E-state index contributed by atoms with van der Waals surface area (Å²) in [7, 11) is -3.59. The van der Waals surface area contributed by atoms with Crippen LogP contribution >= 0.6 is 23.2 Å². The number of benzene rings is 3. The monoisotopic (exact) mass is 636 g/mol. The first-order chi connectivity index (χ1) is 20.6. The van der Waals surface area contributed by atoms with Crippen LogP contribution in [0.2, 0.25) is 10.0 Å². The van der Waals surface area contributed by atoms with Crippen LogP contribution in [-0.4, -0.2) is 37.1 Å². The quantitative estimate of drug-likeness (QED) is 0.199. The van der Waals surface area contributed by atoms with Crippen molar-refractivity contribution in [2.45, 2.75) is 68.7 Å². The van der Waals surface area contributed by atoms with Crippen LogP contribution in [0.3, 0.4) is 0 Å². The molecular formula is C35H38Cl2N2O3S. The second-order valence-electron chi connectivity index (χ2n) is 12.6. The van der Waals surface area contributed by atoms with Gasteiger partial charge in [0.15, 0.2) is 0 Å². The maximum absolute atomic E-state index is 14.9. The van der Waals surface area contributed by atoms with Gasteiger partial charge < -0.3 is 4.90 Å². The molecule has 0 spiro atoms. The van der Waals surface area contributed by atoms with Gasteiger partial charge in [-0.2, -0.15) is 0 Å². The lowest BCUT2D eigenvalue weighted by Crippen LogP contribution is -2.59. The van der Waals surface area contributed by atoms with Crippen molar-refractivity contribution in [3.63, 3.8) is 0 Å². The molecule has 1 saturated heterocycles. The van der Waals surface area contributed by atoms with Crippen LogP contribution in [0.25, 0.3) is 0 Å². The maximum atomic E-state index is 14.9. The third-order valence-electron chi connectivity index (χ3n) is 9.36. The molecular weight excluding hydrogens is 599 g/mol. The van der Waals surface area contributed by atoms with Crippen molar-refractivity contribution in [3.05, 3.63) is 113 Å². The molecule has 0 unspecified atom stereocenters. The molecule has 8 heteroatoms. The lowest BCUT2D eigenvalue weighted by molar-refractivity contribution is -0.154. The van der Waals surface area contributed by atoms with Crippen molar-refractivity contribution < 1.29 is 13.2 Å². The van der Waals surface area contributed by atoms with E-state index in [9.17, 15) is 13.2 Å². The van der Waals surface area contributed by atoms with Crippen molar-refractivity contribution in [1.82, 2.24) is 4.90 Å². The number of sulfonamides is 1. The highest BCUT2D eigenvalue weighted by molar-refractivity contribution is 7.93. The third-order valence-corrected chi connectivity index (χ3v) is 12.1. The minimum atomic E-state index is -3.59. The number of piperidine rings is 1. The number of anilines is 1. The largest absolute Gasteiger partial charge is 0.329 e. The highest BCUT2D eigenvalue weighted by atomic mass is 35.5. The van der Waals surface area contributed by atoms with Gasteiger partial charge in [-0.25, -0.2) is 8.42 Å². The van der Waals surface area contributed by atoms with Gasteiger partial charge in [0.05, 0.1) is 35.0 Å². The fraction of sp³-hybridized carbons (Fsp3) is 0.400. The van der Waals surface area contributed by atoms with Crippen LogP contribution in [0.5, 0.6) is 0 Å². The number of carbonyl (C=O) groups is 1. The van der Waals surface area contributed by atoms with Gasteiger partial charge in [-0.1, -0.05) is 78.7 Å². The first kappa shape index (κ1) is 30.2. The van der Waals surface area contributed by atoms with E-state index in [-0.39, 0.29) is 41.6 Å². The zero-order valence-corrected chi connectivity index (χ0v) is 26.7. The Morgan fingerprint density at radius 2 is 1.65 bits per heavy atom. The van der Waals surface area contributed by atoms with E-state index in [4.69, 9.17) is 23.2 Å². The maximum Gasteiger partial charge on any atom is 0.238 e. The van der Waals surface area contributed by atoms with Gasteiger partial charge in [0, 0.05) is 16.0 Å². The molecule has 5 nitrogen and oxygen atoms in total. The van der Waals surface area contributed by atoms with Crippen molar-refractivity contribution in [1.29, 1.82) is 0 Å². The van der Waals surface area contributed by atoms with E-state index in [1.807, 2.05) is 85.8 Å². The molecule has 1 heterocycles. The van der Waals surface area contributed by atoms with E-state index in [0.717, 1.165) is 24.0 Å². The van der Waals surface area contributed by atoms with Crippen molar-refractivity contribution in [3.8, 4) is 0 Å². The first-order valence-electron chi connectivity index (χ1n) is 15.1. The Morgan fingerprint density at radius 3 is 2.26 bits per heavy atom. The Labute approximate surface area is 265 Å². The van der Waals surface area contributed by atoms with Crippen molar-refractivity contribution >= 4 is 44.8 Å². The average molecular weight is 638 g/mol. The molecule has 3 aromatic carbocycles. The molecule has 1 aliphatic heterocycles. The summed E-state index contributed by atoms with van der Waals surface area (Å²) < 4.78 is 29.5. The zero-order chi connectivity index (χ0) is 30.4. The molecule has 0 bridgehead atoms. The summed E-state index contributed by atoms with van der Waals surface area (Å²) in [4.78, 5) is 16.9. The smallest absolute Gasteiger partial charge is 0.238 e. The Hall–Kier alpha value is -2.80. The van der Waals surface area contributed by atoms with E-state index in [1.165, 1.54) is 0 Å². The molecule has 3 aromatic rings. The number of nitrogens with zero attached hydrogens (tertiary/aromatic N) is 2. The summed E-state index contributed by atoms with van der Waals surface area (Å²) in [6.45, 7) is 6.25. The molecule has 43 heavy (non-hydrogen) atoms. The summed E-state index contributed by atoms with van der Waals surface area (Å²) in [5.41, 5.74) is 1.97. The number of para-hydroxylation sites is 1. The zero-order valence-electron chi connectivity index (χ0n) is 24.4. The molecule has 6 rings (SSSR count). The van der Waals surface area contributed by atoms with Crippen molar-refractivity contribution in [2.24, 2.45) is 11.3 Å². The number of likely N-dealkylation sites (tertiary alicyclic amines) is 1. The number of hydrogen-bond acceptors (Lipinski definition) is 3. The summed E-state index contributed by atoms with van der Waals surface area (Å²) >= 11 is 12.9. The number of carbonyl (C=O) groups excluding carboxylic acids is 1. The summed E-state index contributed by atoms with van der Waals surface area (Å²) in [5.74, 6) is 0.166. The second kappa shape index (κ2) is 11.9. The van der Waals surface area contributed by atoms with Gasteiger partial charge in [0.1, 0.15) is 0 Å². The van der Waals surface area contributed by atoms with Crippen LogP contribution < -0.4 is 4.31 Å². The Balaban J connectivity index is 1.51. The fourth-order valence-electron chi connectivity index (χ4n) is 6.86. The van der Waals surface area contributed by atoms with Crippen LogP contribution in [0.15, 0.2) is 91.5 Å². The number of halogens is 2. The van der Waals surface area contributed by atoms with Gasteiger partial charge in [-0.05, 0) is 92.0 Å². The number of allylic oxidation sites excluding steroid dienone is 1. The Kier molecular flexibility index (Phi) is 8.40. The van der Waals surface area contributed by atoms with Crippen LogP contribution in [0.4, 0.5) is 5.69 Å². The molecule has 0 N–H and O–H groups in total. The average Bonchev–Trinajstić information content (AvgIpc) is 3.90. The SMILES string of the molecule is C=CC[C@@]1(C)C[C@H](c2cccc(Cl)c2)[C@@H](c2ccc(Cl)cc2)N([C@@H](CN(c2ccccc2)S(=O)(=O)C2CC2)C2CC2)C1=O. The lowest BCUT2D eigenvalue weighted by atomic mass is 9.67. The number of rotatable bonds is 11. The van der Waals surface area contributed by atoms with Crippen LogP contribution in [0, 0.1) is 11.3 Å². The van der Waals surface area contributed by atoms with E-state index in [1.54, 1.807) is 4.31 Å².